The van der Waals surface area contributed by atoms with E-state index >= 15 is 0 Å². The van der Waals surface area contributed by atoms with Gasteiger partial charge in [0.2, 0.25) is 0 Å². The Morgan fingerprint density at radius 3 is 2.56 bits per heavy atom. The number of fused-ring (bicyclic) bond motifs is 1. The van der Waals surface area contributed by atoms with E-state index in [-0.39, 0.29) is 0 Å². The topological polar surface area (TPSA) is 51.2 Å². The highest BCUT2D eigenvalue weighted by molar-refractivity contribution is 5.86. The largest absolute Gasteiger partial charge is 0.389 e. The lowest BCUT2D eigenvalue weighted by Crippen LogP contribution is -2.05. The molecule has 0 aliphatic heterocycles. The zero-order chi connectivity index (χ0) is 13.3. The van der Waals surface area contributed by atoms with Gasteiger partial charge in [-0.25, -0.2) is 0 Å². The molecule has 3 nitrogen and oxygen atoms in total. The Kier molecular flexibility index (Phi) is 3.73. The lowest BCUT2D eigenvalue weighted by Gasteiger charge is -2.06. The maximum atomic E-state index is 9.88. The minimum Gasteiger partial charge on any atom is -0.389 e. The summed E-state index contributed by atoms with van der Waals surface area (Å²) in [6, 6.07) is 4.37. The molecule has 0 aliphatic carbocycles. The van der Waals surface area contributed by atoms with Crippen LogP contribution in [0, 0.1) is 13.8 Å². The molecule has 0 fully saturated rings. The Balaban J connectivity index is 2.61. The van der Waals surface area contributed by atoms with Crippen molar-refractivity contribution >= 4 is 10.9 Å². The number of hydrogen-bond donors (Lipinski definition) is 2. The number of aryl methyl sites for hydroxylation is 3. The molecule has 98 valence electrons. The van der Waals surface area contributed by atoms with Gasteiger partial charge in [0.05, 0.1) is 6.10 Å². The number of benzene rings is 1. The third-order valence-electron chi connectivity index (χ3n) is 3.58. The predicted octanol–water partition coefficient (Wildman–Crippen LogP) is 2.66. The number of aliphatic hydroxyl groups excluding tert-OH is 1. The standard InChI is InChI=1S/C15H22N2O/c1-10-7-13-14(12(3)18)9-17(6-4-5-16)15(13)8-11(10)2/h7-9,12,18H,4-6,16H2,1-3H3. The molecule has 2 aromatic rings. The van der Waals surface area contributed by atoms with Crippen molar-refractivity contribution in [2.24, 2.45) is 5.73 Å². The van der Waals surface area contributed by atoms with E-state index < -0.39 is 6.10 Å². The minimum atomic E-state index is -0.436. The second kappa shape index (κ2) is 5.12. The van der Waals surface area contributed by atoms with Gasteiger partial charge >= 0.3 is 0 Å². The van der Waals surface area contributed by atoms with Crippen LogP contribution in [0.25, 0.3) is 10.9 Å². The summed E-state index contributed by atoms with van der Waals surface area (Å²) in [5.41, 5.74) is 10.3. The quantitative estimate of drug-likeness (QED) is 0.871. The minimum absolute atomic E-state index is 0.436. The molecule has 18 heavy (non-hydrogen) atoms. The van der Waals surface area contributed by atoms with E-state index in [0.717, 1.165) is 23.9 Å². The average molecular weight is 246 g/mol. The number of nitrogens with zero attached hydrogens (tertiary/aromatic N) is 1. The molecule has 0 saturated heterocycles. The van der Waals surface area contributed by atoms with Gasteiger partial charge in [-0.1, -0.05) is 0 Å². The normalized spacial score (nSPS) is 13.2. The molecule has 2 rings (SSSR count). The summed E-state index contributed by atoms with van der Waals surface area (Å²) in [6.07, 6.45) is 2.58. The highest BCUT2D eigenvalue weighted by Gasteiger charge is 2.13. The molecule has 1 heterocycles. The average Bonchev–Trinajstić information content (AvgIpc) is 2.66. The maximum absolute atomic E-state index is 9.88. The summed E-state index contributed by atoms with van der Waals surface area (Å²) in [6.45, 7) is 7.64. The van der Waals surface area contributed by atoms with Crippen molar-refractivity contribution in [3.05, 3.63) is 35.0 Å². The van der Waals surface area contributed by atoms with E-state index in [4.69, 9.17) is 5.73 Å². The zero-order valence-corrected chi connectivity index (χ0v) is 11.4. The Hall–Kier alpha value is -1.32. The fourth-order valence-corrected chi connectivity index (χ4v) is 2.36. The van der Waals surface area contributed by atoms with Crippen molar-refractivity contribution in [1.82, 2.24) is 4.57 Å². The van der Waals surface area contributed by atoms with E-state index in [0.29, 0.717) is 6.54 Å². The van der Waals surface area contributed by atoms with Gasteiger partial charge in [0.25, 0.3) is 0 Å². The molecule has 0 amide bonds. The SMILES string of the molecule is Cc1cc2c(C(C)O)cn(CCCN)c2cc1C. The molecule has 1 atom stereocenters. The van der Waals surface area contributed by atoms with Crippen molar-refractivity contribution in [3.63, 3.8) is 0 Å². The van der Waals surface area contributed by atoms with Gasteiger partial charge in [-0.05, 0) is 57.0 Å². The van der Waals surface area contributed by atoms with Crippen LogP contribution in [0.3, 0.4) is 0 Å². The van der Waals surface area contributed by atoms with E-state index in [9.17, 15) is 5.11 Å². The van der Waals surface area contributed by atoms with Crippen LogP contribution in [-0.2, 0) is 6.54 Å². The number of rotatable bonds is 4. The third-order valence-corrected chi connectivity index (χ3v) is 3.58. The molecule has 0 saturated carbocycles. The lowest BCUT2D eigenvalue weighted by molar-refractivity contribution is 0.200. The van der Waals surface area contributed by atoms with E-state index in [1.807, 2.05) is 6.92 Å². The predicted molar refractivity (Wildman–Crippen MR) is 75.7 cm³/mol. The van der Waals surface area contributed by atoms with Crippen LogP contribution in [0.1, 0.15) is 36.1 Å². The molecule has 1 aromatic carbocycles. The van der Waals surface area contributed by atoms with Crippen LogP contribution < -0.4 is 5.73 Å². The van der Waals surface area contributed by atoms with Gasteiger partial charge in [0.15, 0.2) is 0 Å². The summed E-state index contributed by atoms with van der Waals surface area (Å²) in [5, 5.41) is 11.0. The Morgan fingerprint density at radius 1 is 1.28 bits per heavy atom. The van der Waals surface area contributed by atoms with Crippen molar-refractivity contribution in [2.45, 2.75) is 39.8 Å². The van der Waals surface area contributed by atoms with E-state index in [2.05, 4.69) is 36.7 Å². The Bertz CT molecular complexity index is 555. The first-order chi connectivity index (χ1) is 8.54. The molecular formula is C15H22N2O. The first-order valence-corrected chi connectivity index (χ1v) is 6.52. The molecule has 0 aliphatic rings. The summed E-state index contributed by atoms with van der Waals surface area (Å²) < 4.78 is 2.21. The number of nitrogens with two attached hydrogens (primary N) is 1. The van der Waals surface area contributed by atoms with Gasteiger partial charge in [0, 0.05) is 29.2 Å². The van der Waals surface area contributed by atoms with Crippen LogP contribution in [0.2, 0.25) is 0 Å². The smallest absolute Gasteiger partial charge is 0.0782 e. The van der Waals surface area contributed by atoms with Gasteiger partial charge in [0.1, 0.15) is 0 Å². The second-order valence-corrected chi connectivity index (χ2v) is 5.05. The van der Waals surface area contributed by atoms with Crippen molar-refractivity contribution in [3.8, 4) is 0 Å². The molecule has 3 N–H and O–H groups in total. The molecular weight excluding hydrogens is 224 g/mol. The third kappa shape index (κ3) is 2.28. The maximum Gasteiger partial charge on any atom is 0.0782 e. The summed E-state index contributed by atoms with van der Waals surface area (Å²) in [4.78, 5) is 0. The summed E-state index contributed by atoms with van der Waals surface area (Å²) in [7, 11) is 0. The summed E-state index contributed by atoms with van der Waals surface area (Å²) >= 11 is 0. The molecule has 1 aromatic heterocycles. The fraction of sp³-hybridized carbons (Fsp3) is 0.467. The number of hydrogen-bond acceptors (Lipinski definition) is 2. The monoisotopic (exact) mass is 246 g/mol. The first-order valence-electron chi connectivity index (χ1n) is 6.52. The zero-order valence-electron chi connectivity index (χ0n) is 11.4. The fourth-order valence-electron chi connectivity index (χ4n) is 2.36. The highest BCUT2D eigenvalue weighted by Crippen LogP contribution is 2.29. The molecule has 0 bridgehead atoms. The molecule has 3 heteroatoms. The molecule has 0 radical (unpaired) electrons. The van der Waals surface area contributed by atoms with Crippen molar-refractivity contribution < 1.29 is 5.11 Å². The Morgan fingerprint density at radius 2 is 1.94 bits per heavy atom. The van der Waals surface area contributed by atoms with Gasteiger partial charge < -0.3 is 15.4 Å². The lowest BCUT2D eigenvalue weighted by atomic mass is 10.0. The van der Waals surface area contributed by atoms with Crippen LogP contribution in [0.5, 0.6) is 0 Å². The van der Waals surface area contributed by atoms with E-state index in [1.54, 1.807) is 0 Å². The van der Waals surface area contributed by atoms with Crippen LogP contribution >= 0.6 is 0 Å². The van der Waals surface area contributed by atoms with Gasteiger partial charge in [-0.15, -0.1) is 0 Å². The van der Waals surface area contributed by atoms with Crippen LogP contribution in [0.15, 0.2) is 18.3 Å². The number of aliphatic hydroxyl groups is 1. The first kappa shape index (κ1) is 13.1. The van der Waals surface area contributed by atoms with E-state index in [1.165, 1.54) is 16.6 Å². The molecule has 0 spiro atoms. The van der Waals surface area contributed by atoms with Gasteiger partial charge in [-0.2, -0.15) is 0 Å². The van der Waals surface area contributed by atoms with Crippen LogP contribution in [-0.4, -0.2) is 16.2 Å². The molecule has 1 unspecified atom stereocenters. The second-order valence-electron chi connectivity index (χ2n) is 5.05. The number of aromatic nitrogens is 1. The van der Waals surface area contributed by atoms with Gasteiger partial charge in [-0.3, -0.25) is 0 Å². The van der Waals surface area contributed by atoms with Crippen molar-refractivity contribution in [1.29, 1.82) is 0 Å². The van der Waals surface area contributed by atoms with Crippen LogP contribution in [0.4, 0.5) is 0 Å². The highest BCUT2D eigenvalue weighted by atomic mass is 16.3. The summed E-state index contributed by atoms with van der Waals surface area (Å²) in [5.74, 6) is 0. The van der Waals surface area contributed by atoms with Crippen molar-refractivity contribution in [2.75, 3.05) is 6.54 Å². The Labute approximate surface area is 108 Å².